The van der Waals surface area contributed by atoms with Crippen LogP contribution in [0.2, 0.25) is 0 Å². The van der Waals surface area contributed by atoms with Crippen molar-refractivity contribution in [3.05, 3.63) is 82.2 Å². The van der Waals surface area contributed by atoms with Crippen molar-refractivity contribution < 1.29 is 4.79 Å². The van der Waals surface area contributed by atoms with E-state index in [0.29, 0.717) is 5.56 Å². The summed E-state index contributed by atoms with van der Waals surface area (Å²) in [5.41, 5.74) is 8.81. The van der Waals surface area contributed by atoms with Gasteiger partial charge >= 0.3 is 0 Å². The lowest BCUT2D eigenvalue weighted by molar-refractivity contribution is 0.101. The van der Waals surface area contributed by atoms with E-state index in [4.69, 9.17) is 0 Å². The summed E-state index contributed by atoms with van der Waals surface area (Å²) in [6, 6.07) is 16.1. The lowest BCUT2D eigenvalue weighted by Crippen LogP contribution is -2.05. The van der Waals surface area contributed by atoms with Gasteiger partial charge in [-0.3, -0.25) is 9.79 Å². The van der Waals surface area contributed by atoms with Crippen LogP contribution in [0.4, 0.5) is 5.69 Å². The van der Waals surface area contributed by atoms with E-state index in [1.54, 1.807) is 6.92 Å². The van der Waals surface area contributed by atoms with E-state index >= 15 is 0 Å². The molecule has 3 aromatic rings. The topological polar surface area (TPSA) is 34.4 Å². The van der Waals surface area contributed by atoms with Gasteiger partial charge in [-0.25, -0.2) is 0 Å². The van der Waals surface area contributed by atoms with Crippen molar-refractivity contribution in [3.63, 3.8) is 0 Å². The first-order valence-corrected chi connectivity index (χ1v) is 9.35. The highest BCUT2D eigenvalue weighted by atomic mass is 16.1. The number of aryl methyl sites for hydroxylation is 3. The molecule has 0 aliphatic heterocycles. The van der Waals surface area contributed by atoms with Crippen LogP contribution in [0.15, 0.2) is 53.5 Å². The number of hydrogen-bond acceptors (Lipinski definition) is 2. The molecular formula is C24H26N2O. The van der Waals surface area contributed by atoms with Gasteiger partial charge in [0.05, 0.1) is 11.4 Å². The molecule has 0 aliphatic rings. The first kappa shape index (κ1) is 18.8. The third kappa shape index (κ3) is 3.77. The minimum absolute atomic E-state index is 0.0527. The first-order chi connectivity index (χ1) is 12.9. The Morgan fingerprint density at radius 2 is 1.81 bits per heavy atom. The molecule has 0 spiro atoms. The zero-order valence-corrected chi connectivity index (χ0v) is 16.7. The molecule has 3 rings (SSSR count). The predicted octanol–water partition coefficient (Wildman–Crippen LogP) is 5.92. The van der Waals surface area contributed by atoms with Crippen molar-refractivity contribution in [1.82, 2.24) is 4.57 Å². The molecule has 0 fully saturated rings. The van der Waals surface area contributed by atoms with Crippen LogP contribution in [0.3, 0.4) is 0 Å². The van der Waals surface area contributed by atoms with Gasteiger partial charge in [0.15, 0.2) is 5.78 Å². The molecule has 0 saturated carbocycles. The van der Waals surface area contributed by atoms with Crippen molar-refractivity contribution in [2.75, 3.05) is 0 Å². The van der Waals surface area contributed by atoms with E-state index in [1.165, 1.54) is 28.2 Å². The van der Waals surface area contributed by atoms with Gasteiger partial charge < -0.3 is 4.57 Å². The smallest absolute Gasteiger partial charge is 0.159 e. The maximum atomic E-state index is 11.6. The highest BCUT2D eigenvalue weighted by molar-refractivity contribution is 5.95. The zero-order valence-electron chi connectivity index (χ0n) is 16.7. The average Bonchev–Trinajstić information content (AvgIpc) is 2.93. The Morgan fingerprint density at radius 1 is 1.07 bits per heavy atom. The van der Waals surface area contributed by atoms with E-state index in [-0.39, 0.29) is 5.78 Å². The molecule has 3 nitrogen and oxygen atoms in total. The number of carbonyl (C=O) groups is 1. The fourth-order valence-corrected chi connectivity index (χ4v) is 3.54. The van der Waals surface area contributed by atoms with E-state index in [2.05, 4.69) is 61.5 Å². The molecule has 2 aromatic carbocycles. The molecule has 0 amide bonds. The van der Waals surface area contributed by atoms with Crippen molar-refractivity contribution in [1.29, 1.82) is 0 Å². The highest BCUT2D eigenvalue weighted by Gasteiger charge is 2.14. The van der Waals surface area contributed by atoms with E-state index in [0.717, 1.165) is 17.7 Å². The molecule has 0 aliphatic carbocycles. The monoisotopic (exact) mass is 358 g/mol. The molecule has 0 unspecified atom stereocenters. The summed E-state index contributed by atoms with van der Waals surface area (Å²) < 4.78 is 2.32. The van der Waals surface area contributed by atoms with Crippen LogP contribution in [-0.4, -0.2) is 16.6 Å². The molecule has 3 heteroatoms. The molecular weight excluding hydrogens is 332 g/mol. The lowest BCUT2D eigenvalue weighted by atomic mass is 10.1. The second-order valence-electron chi connectivity index (χ2n) is 6.96. The number of aromatic nitrogens is 1. The van der Waals surface area contributed by atoms with Crippen molar-refractivity contribution >= 4 is 17.7 Å². The summed E-state index contributed by atoms with van der Waals surface area (Å²) >= 11 is 0. The normalized spacial score (nSPS) is 11.3. The molecule has 0 bridgehead atoms. The Hall–Kier alpha value is -2.94. The molecule has 138 valence electrons. The maximum absolute atomic E-state index is 11.6. The number of rotatable bonds is 5. The Labute approximate surface area is 161 Å². The summed E-state index contributed by atoms with van der Waals surface area (Å²) in [6.07, 6.45) is 2.89. The number of para-hydroxylation sites is 1. The third-order valence-corrected chi connectivity index (χ3v) is 5.00. The molecule has 0 atom stereocenters. The largest absolute Gasteiger partial charge is 0.317 e. The molecule has 0 saturated heterocycles. The molecule has 27 heavy (non-hydrogen) atoms. The van der Waals surface area contributed by atoms with E-state index < -0.39 is 0 Å². The number of benzene rings is 2. The maximum Gasteiger partial charge on any atom is 0.159 e. The van der Waals surface area contributed by atoms with Crippen LogP contribution in [0.25, 0.3) is 5.69 Å². The molecule has 0 N–H and O–H groups in total. The van der Waals surface area contributed by atoms with E-state index in [9.17, 15) is 4.79 Å². The number of aliphatic imine (C=N–C) groups is 1. The van der Waals surface area contributed by atoms with E-state index in [1.807, 2.05) is 30.5 Å². The number of carbonyl (C=O) groups excluding carboxylic acids is 1. The van der Waals surface area contributed by atoms with Crippen molar-refractivity contribution in [3.8, 4) is 5.69 Å². The van der Waals surface area contributed by atoms with Gasteiger partial charge in [-0.1, -0.05) is 37.3 Å². The summed E-state index contributed by atoms with van der Waals surface area (Å²) in [4.78, 5) is 16.2. The number of Topliss-reactive ketones (excluding diaryl/α,β-unsaturated/α-hetero) is 1. The van der Waals surface area contributed by atoms with Gasteiger partial charge in [-0.05, 0) is 63.4 Å². The summed E-state index contributed by atoms with van der Waals surface area (Å²) in [5.74, 6) is 0.0527. The second-order valence-corrected chi connectivity index (χ2v) is 6.96. The fourth-order valence-electron chi connectivity index (χ4n) is 3.54. The van der Waals surface area contributed by atoms with Gasteiger partial charge in [0.25, 0.3) is 0 Å². The Bertz CT molecular complexity index is 1020. The minimum Gasteiger partial charge on any atom is -0.317 e. The Kier molecular flexibility index (Phi) is 5.41. The van der Waals surface area contributed by atoms with Crippen LogP contribution >= 0.6 is 0 Å². The van der Waals surface area contributed by atoms with Crippen LogP contribution in [0.5, 0.6) is 0 Å². The van der Waals surface area contributed by atoms with Gasteiger partial charge in [0.1, 0.15) is 0 Å². The van der Waals surface area contributed by atoms with Gasteiger partial charge in [-0.15, -0.1) is 0 Å². The van der Waals surface area contributed by atoms with Gasteiger partial charge in [0.2, 0.25) is 0 Å². The quantitative estimate of drug-likeness (QED) is 0.412. The molecule has 1 aromatic heterocycles. The Balaban J connectivity index is 2.03. The average molecular weight is 358 g/mol. The van der Waals surface area contributed by atoms with Crippen LogP contribution < -0.4 is 0 Å². The predicted molar refractivity (Wildman–Crippen MR) is 113 cm³/mol. The number of nitrogens with zero attached hydrogens (tertiary/aromatic N) is 2. The molecule has 0 radical (unpaired) electrons. The standard InChI is InChI=1S/C24H26N2O/c1-6-20-10-7-9-16(2)24(20)26-17(3)13-22(18(26)4)15-25-23-12-8-11-21(14-23)19(5)27/h7-15H,6H2,1-5H3. The Morgan fingerprint density at radius 3 is 2.52 bits per heavy atom. The van der Waals surface area contributed by atoms with Gasteiger partial charge in [0, 0.05) is 28.7 Å². The highest BCUT2D eigenvalue weighted by Crippen LogP contribution is 2.26. The van der Waals surface area contributed by atoms with Crippen LogP contribution in [0.1, 0.15) is 52.3 Å². The van der Waals surface area contributed by atoms with Crippen molar-refractivity contribution in [2.24, 2.45) is 4.99 Å². The van der Waals surface area contributed by atoms with Gasteiger partial charge in [-0.2, -0.15) is 0 Å². The molecule has 1 heterocycles. The third-order valence-electron chi connectivity index (χ3n) is 5.00. The summed E-state index contributed by atoms with van der Waals surface area (Å²) in [5, 5.41) is 0. The van der Waals surface area contributed by atoms with Crippen molar-refractivity contribution in [2.45, 2.75) is 41.0 Å². The number of ketones is 1. The second kappa shape index (κ2) is 7.75. The van der Waals surface area contributed by atoms with Crippen LogP contribution in [-0.2, 0) is 6.42 Å². The summed E-state index contributed by atoms with van der Waals surface area (Å²) in [6.45, 7) is 10.2. The fraction of sp³-hybridized carbons (Fsp3) is 0.250. The minimum atomic E-state index is 0.0527. The number of hydrogen-bond donors (Lipinski definition) is 0. The summed E-state index contributed by atoms with van der Waals surface area (Å²) in [7, 11) is 0. The SMILES string of the molecule is CCc1cccc(C)c1-n1c(C)cc(C=Nc2cccc(C(C)=O)c2)c1C. The van der Waals surface area contributed by atoms with Crippen LogP contribution in [0, 0.1) is 20.8 Å². The first-order valence-electron chi connectivity index (χ1n) is 9.35. The zero-order chi connectivity index (χ0) is 19.6. The lowest BCUT2D eigenvalue weighted by Gasteiger charge is -2.17.